The summed E-state index contributed by atoms with van der Waals surface area (Å²) in [6.45, 7) is 31.4. The van der Waals surface area contributed by atoms with Crippen LogP contribution in [0.25, 0.3) is 28.4 Å². The number of alkyl halides is 1. The first-order valence-electron chi connectivity index (χ1n) is 48.5. The van der Waals surface area contributed by atoms with Gasteiger partial charge in [0, 0.05) is 106 Å². The number of nitrogen functional groups attached to an aromatic ring is 1. The van der Waals surface area contributed by atoms with E-state index in [0.29, 0.717) is 174 Å². The van der Waals surface area contributed by atoms with Crippen LogP contribution in [0.15, 0.2) is 157 Å². The van der Waals surface area contributed by atoms with Crippen LogP contribution in [0.3, 0.4) is 0 Å². The SMILES string of the molecule is CC[C@@H](O)C1(C)CCN(c2cc(=O)n(-c3cccc(Cl)c3Cl)c(C)n2)CC1.CC[C@@H](O)C1(C)CCN(c2cc(=O)n(-c3cccc(Cl)c3Cl)c(C)n2)CC1.Cc1c(N2CCc3cccc(N)c3C2)nc(C)n(-c2cccc(Cl)c2Cl)c1=O.Cc1nc(N2CCC(C)(NCC3CCC(O)CC3)CC2)cc(=O)n1-c1cccc(Cl)c1Cl.Cc1nc(N2CCC[C@](N)(CC(C)F)CC2)cc(=O)n1-c1cccc(Cl)c1Cl. The molecule has 6 aromatic carbocycles. The van der Waals surface area contributed by atoms with Crippen molar-refractivity contribution < 1.29 is 19.7 Å². The van der Waals surface area contributed by atoms with Crippen LogP contribution in [-0.2, 0) is 13.0 Å². The van der Waals surface area contributed by atoms with Crippen LogP contribution in [0, 0.1) is 58.3 Å². The van der Waals surface area contributed by atoms with Gasteiger partial charge in [0.15, 0.2) is 0 Å². The van der Waals surface area contributed by atoms with E-state index in [4.69, 9.17) is 137 Å². The van der Waals surface area contributed by atoms with Gasteiger partial charge in [-0.1, -0.05) is 186 Å². The lowest BCUT2D eigenvalue weighted by Crippen LogP contribution is -2.53. The van der Waals surface area contributed by atoms with E-state index >= 15 is 0 Å². The summed E-state index contributed by atoms with van der Waals surface area (Å²) in [6.07, 6.45) is 12.8. The number of aliphatic hydroxyl groups excluding tert-OH is 3. The van der Waals surface area contributed by atoms with E-state index in [2.05, 4.69) is 71.6 Å². The smallest absolute Gasteiger partial charge is 0.263 e. The first-order chi connectivity index (χ1) is 67.4. The average molecular weight is 2140 g/mol. The molecule has 26 nitrogen and oxygen atoms in total. The van der Waals surface area contributed by atoms with Crippen molar-refractivity contribution in [1.82, 2.24) is 53.1 Å². The van der Waals surface area contributed by atoms with E-state index in [9.17, 15) is 43.7 Å². The zero-order valence-corrected chi connectivity index (χ0v) is 89.9. The zero-order chi connectivity index (χ0) is 103. The maximum absolute atomic E-state index is 13.5. The number of hydrogen-bond donors (Lipinski definition) is 6. The molecular weight excluding hydrogens is 2010 g/mol. The van der Waals surface area contributed by atoms with E-state index < -0.39 is 11.7 Å². The van der Waals surface area contributed by atoms with Gasteiger partial charge in [-0.05, 0) is 266 Å². The molecular formula is C105H127Cl10FN18O8. The van der Waals surface area contributed by atoms with E-state index in [1.165, 1.54) is 34.5 Å². The van der Waals surface area contributed by atoms with Crippen molar-refractivity contribution in [3.05, 3.63) is 281 Å². The number of aromatic nitrogens is 10. The van der Waals surface area contributed by atoms with E-state index in [1.54, 1.807) is 151 Å². The summed E-state index contributed by atoms with van der Waals surface area (Å²) in [5.74, 6) is 6.78. The van der Waals surface area contributed by atoms with E-state index in [1.807, 2.05) is 32.9 Å². The molecule has 0 amide bonds. The first kappa shape index (κ1) is 110. The fourth-order valence-corrected chi connectivity index (χ4v) is 22.0. The third-order valence-corrected chi connectivity index (χ3v) is 32.9. The van der Waals surface area contributed by atoms with Gasteiger partial charge in [-0.25, -0.2) is 29.3 Å². The summed E-state index contributed by atoms with van der Waals surface area (Å²) in [5, 5.41) is 37.7. The highest BCUT2D eigenvalue weighted by Crippen LogP contribution is 2.42. The van der Waals surface area contributed by atoms with Gasteiger partial charge in [0.2, 0.25) is 0 Å². The Balaban J connectivity index is 0.000000149. The van der Waals surface area contributed by atoms with Gasteiger partial charge < -0.3 is 56.6 Å². The predicted octanol–water partition coefficient (Wildman–Crippen LogP) is 21.4. The van der Waals surface area contributed by atoms with Crippen LogP contribution in [0.2, 0.25) is 50.2 Å². The van der Waals surface area contributed by atoms with Crippen LogP contribution in [0.5, 0.6) is 0 Å². The number of nitrogens with one attached hydrogen (secondary N) is 1. The number of nitrogens with two attached hydrogens (primary N) is 2. The number of piperidine rings is 3. The van der Waals surface area contributed by atoms with Crippen molar-refractivity contribution in [2.75, 3.05) is 95.7 Å². The molecule has 8 N–H and O–H groups in total. The predicted molar refractivity (Wildman–Crippen MR) is 579 cm³/mol. The fraction of sp³-hybridized carbons (Fsp3) is 0.467. The molecule has 17 rings (SSSR count). The summed E-state index contributed by atoms with van der Waals surface area (Å²) in [4.78, 5) is 98.6. The number of aliphatic hydroxyl groups is 3. The van der Waals surface area contributed by atoms with Crippen molar-refractivity contribution in [2.45, 2.75) is 234 Å². The summed E-state index contributed by atoms with van der Waals surface area (Å²) in [5.41, 5.74) is 17.4. The Morgan fingerprint density at radius 3 is 1.12 bits per heavy atom. The third-order valence-electron chi connectivity index (χ3n) is 28.9. The van der Waals surface area contributed by atoms with Gasteiger partial charge in [0.05, 0.1) is 109 Å². The standard InChI is InChI=1S/C24H32Cl2N4O2.C21H20Cl2N4O.C20H25Cl2FN4O.2C20H25Cl2N3O2/c1-16-28-21(14-22(32)30(16)20-5-3-4-19(25)23(20)26)29-12-10-24(2,11-13-29)27-15-17-6-8-18(31)9-7-17;1-12-20(26-10-9-14-5-3-7-17(24)15(14)11-26)25-13(2)27(21(12)28)18-8-4-6-16(22)19(18)23;1-13(23)12-20(24)7-4-9-26(10-8-20)17-11-18(28)27(14(2)25-17)16-6-3-5-15(21)19(16)22;2*1-4-16(26)20(3)8-10-24(11-9-20)17-12-18(27)25(13(2)23-17)15-7-5-6-14(21)19(15)22/h3-5,14,17-18,27,31H,6-13,15H2,1-2H3;3-8H,9-11,24H2,1-2H3;3,5-6,11,13H,4,7-10,12,24H2,1-2H3;2*5-7,12,16,26H,4,8-11H2,1-3H3/t;;13?,20-;2*16-/m..111/s1. The number of benzene rings is 6. The summed E-state index contributed by atoms with van der Waals surface area (Å²) >= 11 is 62.1. The lowest BCUT2D eigenvalue weighted by Gasteiger charge is -2.42. The molecule has 11 aromatic rings. The van der Waals surface area contributed by atoms with Crippen molar-refractivity contribution in [2.24, 2.45) is 22.5 Å². The highest BCUT2D eigenvalue weighted by atomic mass is 35.5. The van der Waals surface area contributed by atoms with Gasteiger partial charge in [-0.3, -0.25) is 46.8 Å². The summed E-state index contributed by atoms with van der Waals surface area (Å²) < 4.78 is 20.9. The van der Waals surface area contributed by atoms with Crippen LogP contribution in [0.4, 0.5) is 39.2 Å². The summed E-state index contributed by atoms with van der Waals surface area (Å²) in [6, 6.07) is 38.2. The molecule has 10 heterocycles. The molecule has 5 fully saturated rings. The molecule has 6 aliphatic rings. The van der Waals surface area contributed by atoms with E-state index in [-0.39, 0.29) is 62.5 Å². The zero-order valence-electron chi connectivity index (χ0n) is 82.3. The lowest BCUT2D eigenvalue weighted by atomic mass is 9.75. The maximum atomic E-state index is 13.5. The molecule has 37 heteroatoms. The van der Waals surface area contributed by atoms with Crippen molar-refractivity contribution in [3.63, 3.8) is 0 Å². The van der Waals surface area contributed by atoms with Gasteiger partial charge in [-0.2, -0.15) is 0 Å². The largest absolute Gasteiger partial charge is 0.398 e. The summed E-state index contributed by atoms with van der Waals surface area (Å²) in [7, 11) is 0. The van der Waals surface area contributed by atoms with Crippen molar-refractivity contribution >= 4 is 151 Å². The van der Waals surface area contributed by atoms with Crippen LogP contribution in [-0.4, -0.2) is 164 Å². The van der Waals surface area contributed by atoms with Gasteiger partial charge in [0.1, 0.15) is 58.2 Å². The molecule has 5 aliphatic heterocycles. The Hall–Kier alpha value is -8.85. The molecule has 1 saturated carbocycles. The van der Waals surface area contributed by atoms with Crippen LogP contribution >= 0.6 is 116 Å². The number of halogens is 11. The van der Waals surface area contributed by atoms with Crippen LogP contribution < -0.4 is 69.1 Å². The minimum Gasteiger partial charge on any atom is -0.398 e. The number of rotatable bonds is 19. The molecule has 1 unspecified atom stereocenters. The first-order valence-corrected chi connectivity index (χ1v) is 52.2. The van der Waals surface area contributed by atoms with Gasteiger partial charge in [-0.15, -0.1) is 0 Å². The second-order valence-corrected chi connectivity index (χ2v) is 43.0. The van der Waals surface area contributed by atoms with Gasteiger partial charge in [0.25, 0.3) is 27.8 Å². The minimum absolute atomic E-state index is 0.0798. The number of aryl methyl sites for hydroxylation is 5. The van der Waals surface area contributed by atoms with E-state index in [0.717, 1.165) is 166 Å². The Labute approximate surface area is 879 Å². The molecule has 142 heavy (non-hydrogen) atoms. The van der Waals surface area contributed by atoms with Gasteiger partial charge >= 0.3 is 0 Å². The third kappa shape index (κ3) is 25.7. The molecule has 4 saturated heterocycles. The number of hydrogen-bond acceptors (Lipinski definition) is 21. The molecule has 1 aliphatic carbocycles. The fourth-order valence-electron chi connectivity index (χ4n) is 20.1. The Morgan fingerprint density at radius 1 is 0.437 bits per heavy atom. The van der Waals surface area contributed by atoms with Crippen molar-refractivity contribution in [3.8, 4) is 28.4 Å². The maximum Gasteiger partial charge on any atom is 0.263 e. The second-order valence-electron chi connectivity index (χ2n) is 39.0. The molecule has 0 radical (unpaired) electrons. The Morgan fingerprint density at radius 2 is 0.768 bits per heavy atom. The quantitative estimate of drug-likeness (QED) is 0.0410. The Kier molecular flexibility index (Phi) is 37.1. The molecule has 762 valence electrons. The second kappa shape index (κ2) is 47.8. The molecule has 0 spiro atoms. The topological polar surface area (TPSA) is 315 Å². The highest BCUT2D eigenvalue weighted by Gasteiger charge is 2.40. The minimum atomic E-state index is -0.928. The number of anilines is 6. The molecule has 4 atom stereocenters. The Bertz CT molecular complexity index is 6520. The highest BCUT2D eigenvalue weighted by molar-refractivity contribution is 6.45. The van der Waals surface area contributed by atoms with Crippen molar-refractivity contribution in [1.29, 1.82) is 0 Å². The number of fused-ring (bicyclic) bond motifs is 1. The monoisotopic (exact) mass is 2140 g/mol. The normalized spacial score (nSPS) is 18.9. The number of nitrogens with zero attached hydrogens (tertiary/aromatic N) is 15. The van der Waals surface area contributed by atoms with Crippen LogP contribution in [0.1, 0.15) is 190 Å². The lowest BCUT2D eigenvalue weighted by molar-refractivity contribution is 0.0166. The molecule has 5 aromatic heterocycles. The molecule has 0 bridgehead atoms. The average Bonchev–Trinajstić information content (AvgIpc) is 0.759.